The second kappa shape index (κ2) is 8.49. The third-order valence-corrected chi connectivity index (χ3v) is 4.84. The number of benzene rings is 2. The predicted octanol–water partition coefficient (Wildman–Crippen LogP) is 3.13. The van der Waals surface area contributed by atoms with Gasteiger partial charge in [0.15, 0.2) is 11.5 Å². The first-order valence-corrected chi connectivity index (χ1v) is 8.72. The van der Waals surface area contributed by atoms with Gasteiger partial charge in [-0.2, -0.15) is 8.78 Å². The fourth-order valence-electron chi connectivity index (χ4n) is 3.57. The van der Waals surface area contributed by atoms with Crippen molar-refractivity contribution in [3.63, 3.8) is 0 Å². The summed E-state index contributed by atoms with van der Waals surface area (Å²) in [7, 11) is 1.29. The highest BCUT2D eigenvalue weighted by Gasteiger charge is 2.32. The standard InChI is InChI=1S/C19H21F2N3O4/c1-27-17-7-13(16(24(25)26)8-18(17)28-19(20)21)9-23-10-14(15(22)11-23)12-5-3-2-4-6-12/h2-8,14-15,19H,9-11,22H2,1H3/t14-,15+/m0/s1. The molecule has 0 aromatic heterocycles. The Balaban J connectivity index is 1.84. The molecule has 1 aliphatic rings. The number of nitro groups is 1. The minimum atomic E-state index is -3.11. The molecule has 2 N–H and O–H groups in total. The maximum absolute atomic E-state index is 12.6. The molecule has 2 aromatic rings. The van der Waals surface area contributed by atoms with Crippen LogP contribution < -0.4 is 15.2 Å². The van der Waals surface area contributed by atoms with Gasteiger partial charge in [0, 0.05) is 37.2 Å². The number of halogens is 2. The summed E-state index contributed by atoms with van der Waals surface area (Å²) in [6, 6.07) is 12.1. The average Bonchev–Trinajstić information content (AvgIpc) is 3.02. The molecule has 0 saturated carbocycles. The van der Waals surface area contributed by atoms with Gasteiger partial charge in [-0.25, -0.2) is 0 Å². The second-order valence-electron chi connectivity index (χ2n) is 6.64. The maximum Gasteiger partial charge on any atom is 0.387 e. The van der Waals surface area contributed by atoms with Crippen molar-refractivity contribution in [3.05, 3.63) is 63.7 Å². The van der Waals surface area contributed by atoms with Gasteiger partial charge in [-0.05, 0) is 11.6 Å². The summed E-state index contributed by atoms with van der Waals surface area (Å²) in [6.45, 7) is -1.66. The Kier molecular flexibility index (Phi) is 6.05. The minimum Gasteiger partial charge on any atom is -0.493 e. The first-order valence-electron chi connectivity index (χ1n) is 8.72. The summed E-state index contributed by atoms with van der Waals surface area (Å²) in [6.07, 6.45) is 0. The highest BCUT2D eigenvalue weighted by atomic mass is 19.3. The largest absolute Gasteiger partial charge is 0.493 e. The predicted molar refractivity (Wildman–Crippen MR) is 98.7 cm³/mol. The fraction of sp³-hybridized carbons (Fsp3) is 0.368. The van der Waals surface area contributed by atoms with Crippen LogP contribution in [0.5, 0.6) is 11.5 Å². The number of likely N-dealkylation sites (tertiary alicyclic amines) is 1. The summed E-state index contributed by atoms with van der Waals surface area (Å²) >= 11 is 0. The molecule has 1 aliphatic heterocycles. The van der Waals surface area contributed by atoms with E-state index < -0.39 is 11.5 Å². The van der Waals surface area contributed by atoms with Gasteiger partial charge in [0.25, 0.3) is 5.69 Å². The van der Waals surface area contributed by atoms with Crippen molar-refractivity contribution >= 4 is 5.69 Å². The number of ether oxygens (including phenoxy) is 2. The number of hydrogen-bond donors (Lipinski definition) is 1. The third kappa shape index (κ3) is 4.37. The lowest BCUT2D eigenvalue weighted by Crippen LogP contribution is -2.28. The van der Waals surface area contributed by atoms with Crippen LogP contribution in [-0.2, 0) is 6.54 Å². The van der Waals surface area contributed by atoms with Crippen LogP contribution in [0.25, 0.3) is 0 Å². The number of nitrogens with two attached hydrogens (primary N) is 1. The van der Waals surface area contributed by atoms with E-state index in [0.29, 0.717) is 18.7 Å². The van der Waals surface area contributed by atoms with Crippen LogP contribution in [0, 0.1) is 10.1 Å². The van der Waals surface area contributed by atoms with Crippen LogP contribution in [-0.4, -0.2) is 42.7 Å². The van der Waals surface area contributed by atoms with E-state index in [9.17, 15) is 18.9 Å². The Bertz CT molecular complexity index is 835. The van der Waals surface area contributed by atoms with Crippen molar-refractivity contribution in [2.75, 3.05) is 20.2 Å². The number of nitro benzene ring substituents is 1. The Morgan fingerprint density at radius 3 is 2.57 bits per heavy atom. The van der Waals surface area contributed by atoms with Crippen molar-refractivity contribution < 1.29 is 23.2 Å². The number of nitrogens with zero attached hydrogens (tertiary/aromatic N) is 2. The summed E-state index contributed by atoms with van der Waals surface area (Å²) < 4.78 is 34.6. The molecule has 0 spiro atoms. The third-order valence-electron chi connectivity index (χ3n) is 4.84. The Hall–Kier alpha value is -2.78. The fourth-order valence-corrected chi connectivity index (χ4v) is 3.57. The zero-order chi connectivity index (χ0) is 20.3. The Morgan fingerprint density at radius 1 is 1.25 bits per heavy atom. The SMILES string of the molecule is COc1cc(CN2C[C@@H](N)[C@H](c3ccccc3)C2)c([N+](=O)[O-])cc1OC(F)F. The Morgan fingerprint density at radius 2 is 1.96 bits per heavy atom. The van der Waals surface area contributed by atoms with Gasteiger partial charge in [0.2, 0.25) is 0 Å². The zero-order valence-electron chi connectivity index (χ0n) is 15.3. The summed E-state index contributed by atoms with van der Waals surface area (Å²) in [5.41, 5.74) is 7.45. The molecule has 1 fully saturated rings. The van der Waals surface area contributed by atoms with Gasteiger partial charge >= 0.3 is 6.61 Å². The zero-order valence-corrected chi connectivity index (χ0v) is 15.3. The highest BCUT2D eigenvalue weighted by molar-refractivity contribution is 5.54. The second-order valence-corrected chi connectivity index (χ2v) is 6.64. The summed E-state index contributed by atoms with van der Waals surface area (Å²) in [4.78, 5) is 12.9. The van der Waals surface area contributed by atoms with Gasteiger partial charge < -0.3 is 15.2 Å². The van der Waals surface area contributed by atoms with Gasteiger partial charge in [-0.1, -0.05) is 30.3 Å². The molecule has 7 nitrogen and oxygen atoms in total. The van der Waals surface area contributed by atoms with Crippen LogP contribution in [0.2, 0.25) is 0 Å². The van der Waals surface area contributed by atoms with E-state index in [1.165, 1.54) is 13.2 Å². The summed E-state index contributed by atoms with van der Waals surface area (Å²) in [5, 5.41) is 11.5. The van der Waals surface area contributed by atoms with Gasteiger partial charge in [0.05, 0.1) is 18.1 Å². The van der Waals surface area contributed by atoms with Gasteiger partial charge in [0.1, 0.15) is 0 Å². The first kappa shape index (κ1) is 20.0. The van der Waals surface area contributed by atoms with E-state index in [0.717, 1.165) is 11.6 Å². The molecule has 150 valence electrons. The highest BCUT2D eigenvalue weighted by Crippen LogP contribution is 2.37. The number of hydrogen-bond acceptors (Lipinski definition) is 6. The maximum atomic E-state index is 12.6. The van der Waals surface area contributed by atoms with Crippen LogP contribution in [0.4, 0.5) is 14.5 Å². The van der Waals surface area contributed by atoms with Crippen molar-refractivity contribution in [3.8, 4) is 11.5 Å². The normalized spacial score (nSPS) is 19.8. The van der Waals surface area contributed by atoms with Crippen LogP contribution in [0.3, 0.4) is 0 Å². The van der Waals surface area contributed by atoms with Crippen LogP contribution in [0.15, 0.2) is 42.5 Å². The monoisotopic (exact) mass is 393 g/mol. The molecular formula is C19H21F2N3O4. The minimum absolute atomic E-state index is 0.0176. The molecule has 28 heavy (non-hydrogen) atoms. The molecule has 0 unspecified atom stereocenters. The molecule has 1 heterocycles. The van der Waals surface area contributed by atoms with Crippen molar-refractivity contribution in [2.45, 2.75) is 25.1 Å². The number of alkyl halides is 2. The van der Waals surface area contributed by atoms with Crippen LogP contribution in [0.1, 0.15) is 17.0 Å². The molecule has 0 aliphatic carbocycles. The van der Waals surface area contributed by atoms with Crippen LogP contribution >= 0.6 is 0 Å². The molecule has 0 radical (unpaired) electrons. The van der Waals surface area contributed by atoms with Crippen molar-refractivity contribution in [1.82, 2.24) is 4.90 Å². The summed E-state index contributed by atoms with van der Waals surface area (Å²) in [5.74, 6) is -0.235. The topological polar surface area (TPSA) is 90.9 Å². The van der Waals surface area contributed by atoms with Crippen molar-refractivity contribution in [1.29, 1.82) is 0 Å². The van der Waals surface area contributed by atoms with E-state index >= 15 is 0 Å². The average molecular weight is 393 g/mol. The van der Waals surface area contributed by atoms with Gasteiger partial charge in [-0.15, -0.1) is 0 Å². The van der Waals surface area contributed by atoms with E-state index in [4.69, 9.17) is 10.5 Å². The molecule has 9 heteroatoms. The van der Waals surface area contributed by atoms with E-state index in [1.807, 2.05) is 35.2 Å². The molecule has 3 rings (SSSR count). The van der Waals surface area contributed by atoms with E-state index in [1.54, 1.807) is 0 Å². The first-order chi connectivity index (χ1) is 13.4. The molecule has 2 aromatic carbocycles. The lowest BCUT2D eigenvalue weighted by Gasteiger charge is -2.18. The smallest absolute Gasteiger partial charge is 0.387 e. The quantitative estimate of drug-likeness (QED) is 0.574. The van der Waals surface area contributed by atoms with Crippen molar-refractivity contribution in [2.24, 2.45) is 5.73 Å². The molecular weight excluding hydrogens is 372 g/mol. The molecule has 0 bridgehead atoms. The number of rotatable bonds is 7. The molecule has 0 amide bonds. The molecule has 1 saturated heterocycles. The lowest BCUT2D eigenvalue weighted by atomic mass is 9.95. The Labute approximate surface area is 160 Å². The van der Waals surface area contributed by atoms with Gasteiger partial charge in [-0.3, -0.25) is 15.0 Å². The van der Waals surface area contributed by atoms with E-state index in [-0.39, 0.29) is 35.7 Å². The molecule has 2 atom stereocenters. The number of methoxy groups -OCH3 is 1. The lowest BCUT2D eigenvalue weighted by molar-refractivity contribution is -0.385. The van der Waals surface area contributed by atoms with E-state index in [2.05, 4.69) is 4.74 Å².